The zero-order valence-electron chi connectivity index (χ0n) is 19.9. The van der Waals surface area contributed by atoms with Crippen LogP contribution < -0.4 is 0 Å². The molecule has 2 aromatic carbocycles. The van der Waals surface area contributed by atoms with E-state index in [9.17, 15) is 19.7 Å². The zero-order valence-corrected chi connectivity index (χ0v) is 20.7. The maximum atomic E-state index is 13.0. The molecule has 0 atom stereocenters. The van der Waals surface area contributed by atoms with Gasteiger partial charge in [0.25, 0.3) is 11.6 Å². The van der Waals surface area contributed by atoms with Gasteiger partial charge < -0.3 is 9.15 Å². The first-order valence-corrected chi connectivity index (χ1v) is 12.0. The van der Waals surface area contributed by atoms with Crippen LogP contribution in [0.25, 0.3) is 17.4 Å². The largest absolute Gasteiger partial charge is 0.462 e. The highest BCUT2D eigenvalue weighted by molar-refractivity contribution is 8.18. The van der Waals surface area contributed by atoms with Crippen LogP contribution in [0.1, 0.15) is 35.5 Å². The summed E-state index contributed by atoms with van der Waals surface area (Å²) >= 11 is 1.20. The van der Waals surface area contributed by atoms with Gasteiger partial charge in [-0.15, -0.1) is 0 Å². The molecule has 1 aliphatic rings. The molecule has 1 fully saturated rings. The van der Waals surface area contributed by atoms with E-state index in [0.717, 1.165) is 5.56 Å². The van der Waals surface area contributed by atoms with Crippen LogP contribution in [-0.4, -0.2) is 40.0 Å². The lowest BCUT2D eigenvalue weighted by molar-refractivity contribution is -0.384. The Morgan fingerprint density at radius 1 is 1.19 bits per heavy atom. The predicted octanol–water partition coefficient (Wildman–Crippen LogP) is 5.96. The van der Waals surface area contributed by atoms with Crippen LogP contribution in [0.5, 0.6) is 0 Å². The van der Waals surface area contributed by atoms with Crippen LogP contribution in [0.15, 0.2) is 68.9 Å². The standard InChI is InChI=1S/C26H23N3O6S/c1-4-28-24(30)23(36-26(28)27-18-8-6-7-17(13-18)25(31)34-5-2)15-20-11-12-22(35-20)21-14-19(29(32)33)10-9-16(21)3/h6-15H,4-5H2,1-3H3. The molecule has 9 nitrogen and oxygen atoms in total. The third-order valence-electron chi connectivity index (χ3n) is 5.38. The number of carbonyl (C=O) groups excluding carboxylic acids is 2. The molecule has 4 rings (SSSR count). The van der Waals surface area contributed by atoms with E-state index < -0.39 is 10.9 Å². The minimum atomic E-state index is -0.453. The number of ether oxygens (including phenoxy) is 1. The van der Waals surface area contributed by atoms with Crippen molar-refractivity contribution in [2.75, 3.05) is 13.2 Å². The van der Waals surface area contributed by atoms with E-state index in [1.165, 1.54) is 23.9 Å². The molecule has 2 heterocycles. The van der Waals surface area contributed by atoms with E-state index in [0.29, 0.717) is 45.0 Å². The number of aryl methyl sites for hydroxylation is 1. The number of rotatable bonds is 7. The van der Waals surface area contributed by atoms with Crippen molar-refractivity contribution in [2.24, 2.45) is 4.99 Å². The van der Waals surface area contributed by atoms with Crippen molar-refractivity contribution in [2.45, 2.75) is 20.8 Å². The normalized spacial score (nSPS) is 15.6. The number of non-ortho nitro benzene ring substituents is 1. The fraction of sp³-hybridized carbons (Fsp3) is 0.192. The monoisotopic (exact) mass is 505 g/mol. The number of aliphatic imine (C=N–C) groups is 1. The number of hydrogen-bond acceptors (Lipinski definition) is 8. The molecular weight excluding hydrogens is 482 g/mol. The molecule has 36 heavy (non-hydrogen) atoms. The minimum absolute atomic E-state index is 0.0279. The number of carbonyl (C=O) groups is 2. The summed E-state index contributed by atoms with van der Waals surface area (Å²) in [6.45, 7) is 6.12. The van der Waals surface area contributed by atoms with Crippen LogP contribution >= 0.6 is 11.8 Å². The lowest BCUT2D eigenvalue weighted by Crippen LogP contribution is -2.28. The average molecular weight is 506 g/mol. The number of amidine groups is 1. The van der Waals surface area contributed by atoms with E-state index in [4.69, 9.17) is 9.15 Å². The van der Waals surface area contributed by atoms with Crippen LogP contribution in [0.4, 0.5) is 11.4 Å². The topological polar surface area (TPSA) is 115 Å². The number of nitrogens with zero attached hydrogens (tertiary/aromatic N) is 3. The molecule has 0 spiro atoms. The molecular formula is C26H23N3O6S. The van der Waals surface area contributed by atoms with Gasteiger partial charge >= 0.3 is 5.97 Å². The summed E-state index contributed by atoms with van der Waals surface area (Å²) in [5, 5.41) is 11.6. The third kappa shape index (κ3) is 5.23. The molecule has 0 saturated carbocycles. The number of likely N-dealkylation sites (N-methyl/N-ethyl adjacent to an activating group) is 1. The van der Waals surface area contributed by atoms with Crippen molar-refractivity contribution >= 4 is 46.3 Å². The molecule has 1 amide bonds. The quantitative estimate of drug-likeness (QED) is 0.168. The highest BCUT2D eigenvalue weighted by Gasteiger charge is 2.32. The molecule has 0 bridgehead atoms. The maximum absolute atomic E-state index is 13.0. The molecule has 0 N–H and O–H groups in total. The van der Waals surface area contributed by atoms with Gasteiger partial charge in [-0.1, -0.05) is 12.1 Å². The summed E-state index contributed by atoms with van der Waals surface area (Å²) in [6, 6.07) is 14.7. The molecule has 1 aliphatic heterocycles. The Hall–Kier alpha value is -4.18. The number of hydrogen-bond donors (Lipinski definition) is 0. The first kappa shape index (κ1) is 24.9. The van der Waals surface area contributed by atoms with Gasteiger partial charge in [0.1, 0.15) is 11.5 Å². The van der Waals surface area contributed by atoms with Crippen LogP contribution in [0, 0.1) is 17.0 Å². The van der Waals surface area contributed by atoms with Crippen LogP contribution in [-0.2, 0) is 9.53 Å². The SMILES string of the molecule is CCOC(=O)c1cccc(N=C2SC(=Cc3ccc(-c4cc([N+](=O)[O-])ccc4C)o3)C(=O)N2CC)c1. The fourth-order valence-corrected chi connectivity index (χ4v) is 4.63. The van der Waals surface area contributed by atoms with Crippen molar-refractivity contribution in [3.05, 3.63) is 86.5 Å². The Kier molecular flexibility index (Phi) is 7.35. The number of amides is 1. The maximum Gasteiger partial charge on any atom is 0.338 e. The zero-order chi connectivity index (χ0) is 25.8. The Morgan fingerprint density at radius 2 is 2.00 bits per heavy atom. The van der Waals surface area contributed by atoms with Gasteiger partial charge in [-0.05, 0) is 68.4 Å². The lowest BCUT2D eigenvalue weighted by Gasteiger charge is -2.12. The summed E-state index contributed by atoms with van der Waals surface area (Å²) in [5.41, 5.74) is 2.32. The third-order valence-corrected chi connectivity index (χ3v) is 6.39. The van der Waals surface area contributed by atoms with Crippen molar-refractivity contribution in [3.8, 4) is 11.3 Å². The second-order valence-electron chi connectivity index (χ2n) is 7.78. The van der Waals surface area contributed by atoms with Gasteiger partial charge in [0.2, 0.25) is 0 Å². The van der Waals surface area contributed by atoms with Gasteiger partial charge in [-0.2, -0.15) is 0 Å². The first-order valence-electron chi connectivity index (χ1n) is 11.2. The molecule has 1 saturated heterocycles. The smallest absolute Gasteiger partial charge is 0.338 e. The second kappa shape index (κ2) is 10.6. The highest BCUT2D eigenvalue weighted by atomic mass is 32.2. The highest BCUT2D eigenvalue weighted by Crippen LogP contribution is 2.35. The van der Waals surface area contributed by atoms with E-state index in [2.05, 4.69) is 4.99 Å². The number of nitro groups is 1. The van der Waals surface area contributed by atoms with Crippen LogP contribution in [0.3, 0.4) is 0 Å². The summed E-state index contributed by atoms with van der Waals surface area (Å²) in [5.74, 6) is 0.256. The Morgan fingerprint density at radius 3 is 2.72 bits per heavy atom. The van der Waals surface area contributed by atoms with E-state index in [-0.39, 0.29) is 18.2 Å². The summed E-state index contributed by atoms with van der Waals surface area (Å²) < 4.78 is 11.0. The van der Waals surface area contributed by atoms with E-state index in [1.807, 2.05) is 13.8 Å². The molecule has 3 aromatic rings. The Balaban J connectivity index is 1.61. The molecule has 0 aliphatic carbocycles. The van der Waals surface area contributed by atoms with Gasteiger partial charge in [-0.25, -0.2) is 9.79 Å². The van der Waals surface area contributed by atoms with Crippen LogP contribution in [0.2, 0.25) is 0 Å². The predicted molar refractivity (Wildman–Crippen MR) is 138 cm³/mol. The minimum Gasteiger partial charge on any atom is -0.462 e. The average Bonchev–Trinajstić information content (AvgIpc) is 3.43. The van der Waals surface area contributed by atoms with Gasteiger partial charge in [0.15, 0.2) is 5.17 Å². The van der Waals surface area contributed by atoms with Crippen molar-refractivity contribution < 1.29 is 23.7 Å². The van der Waals surface area contributed by atoms with Gasteiger partial charge in [0, 0.05) is 30.3 Å². The van der Waals surface area contributed by atoms with Crippen molar-refractivity contribution in [3.63, 3.8) is 0 Å². The van der Waals surface area contributed by atoms with E-state index >= 15 is 0 Å². The number of furan rings is 1. The number of nitro benzene ring substituents is 1. The van der Waals surface area contributed by atoms with Crippen molar-refractivity contribution in [1.82, 2.24) is 4.90 Å². The summed E-state index contributed by atoms with van der Waals surface area (Å²) in [7, 11) is 0. The van der Waals surface area contributed by atoms with Crippen molar-refractivity contribution in [1.29, 1.82) is 0 Å². The summed E-state index contributed by atoms with van der Waals surface area (Å²) in [4.78, 5) is 42.3. The second-order valence-corrected chi connectivity index (χ2v) is 8.79. The Bertz CT molecular complexity index is 1410. The lowest BCUT2D eigenvalue weighted by atomic mass is 10.1. The molecule has 0 radical (unpaired) electrons. The van der Waals surface area contributed by atoms with E-state index in [1.54, 1.807) is 60.4 Å². The number of thioether (sulfide) groups is 1. The molecule has 184 valence electrons. The molecule has 10 heteroatoms. The molecule has 1 aromatic heterocycles. The fourth-order valence-electron chi connectivity index (χ4n) is 3.59. The first-order chi connectivity index (χ1) is 17.3. The summed E-state index contributed by atoms with van der Waals surface area (Å²) in [6.07, 6.45) is 1.63. The number of benzene rings is 2. The Labute approximate surface area is 211 Å². The van der Waals surface area contributed by atoms with Gasteiger partial charge in [-0.3, -0.25) is 19.8 Å². The number of esters is 1. The van der Waals surface area contributed by atoms with Gasteiger partial charge in [0.05, 0.1) is 27.7 Å². The molecule has 0 unspecified atom stereocenters.